The lowest BCUT2D eigenvalue weighted by Gasteiger charge is -1.95. The number of benzene rings is 1. The number of nitrogen functional groups attached to an aromatic ring is 1. The maximum atomic E-state index is 6.02. The van der Waals surface area contributed by atoms with Gasteiger partial charge in [-0.2, -0.15) is 0 Å². The lowest BCUT2D eigenvalue weighted by atomic mass is 10.2. The first kappa shape index (κ1) is 9.13. The van der Waals surface area contributed by atoms with Crippen molar-refractivity contribution in [2.24, 2.45) is 0 Å². The Labute approximate surface area is 90.1 Å². The fourth-order valence-electron chi connectivity index (χ4n) is 1.29. The van der Waals surface area contributed by atoms with Crippen LogP contribution in [0, 0.1) is 0 Å². The predicted octanol–water partition coefficient (Wildman–Crippen LogP) is 3.88. The van der Waals surface area contributed by atoms with Gasteiger partial charge >= 0.3 is 0 Å². The molecule has 68 valence electrons. The highest BCUT2D eigenvalue weighted by Crippen LogP contribution is 2.38. The third-order valence-corrected chi connectivity index (χ3v) is 3.75. The van der Waals surface area contributed by atoms with Crippen molar-refractivity contribution in [1.82, 2.24) is 0 Å². The summed E-state index contributed by atoms with van der Waals surface area (Å²) in [6, 6.07) is 5.77. The van der Waals surface area contributed by atoms with Gasteiger partial charge in [0.1, 0.15) is 0 Å². The topological polar surface area (TPSA) is 26.0 Å². The number of halogens is 2. The van der Waals surface area contributed by atoms with Crippen LogP contribution in [0.3, 0.4) is 0 Å². The molecule has 0 aliphatic rings. The van der Waals surface area contributed by atoms with Crippen LogP contribution in [0.5, 0.6) is 0 Å². The number of hydrogen-bond donors (Lipinski definition) is 1. The third kappa shape index (κ3) is 1.39. The number of fused-ring (bicyclic) bond motifs is 1. The molecule has 1 nitrogen and oxygen atoms in total. The normalized spacial score (nSPS) is 10.9. The van der Waals surface area contributed by atoms with Crippen LogP contribution in [-0.4, -0.2) is 0 Å². The average Bonchev–Trinajstić information content (AvgIpc) is 2.43. The number of alkyl halides is 1. The number of hydrogen-bond acceptors (Lipinski definition) is 2. The van der Waals surface area contributed by atoms with Crippen LogP contribution >= 0.6 is 34.5 Å². The van der Waals surface area contributed by atoms with Gasteiger partial charge in [0.2, 0.25) is 0 Å². The van der Waals surface area contributed by atoms with Crippen LogP contribution in [0.1, 0.15) is 5.56 Å². The molecule has 0 aliphatic heterocycles. The molecule has 0 spiro atoms. The third-order valence-electron chi connectivity index (χ3n) is 1.93. The second-order valence-corrected chi connectivity index (χ2v) is 4.60. The van der Waals surface area contributed by atoms with Gasteiger partial charge in [-0.05, 0) is 6.07 Å². The first-order valence-corrected chi connectivity index (χ1v) is 5.48. The minimum atomic E-state index is 0.433. The van der Waals surface area contributed by atoms with E-state index in [2.05, 4.69) is 0 Å². The van der Waals surface area contributed by atoms with Gasteiger partial charge in [-0.15, -0.1) is 22.9 Å². The molecule has 0 amide bonds. The zero-order chi connectivity index (χ0) is 9.42. The van der Waals surface area contributed by atoms with E-state index in [1.165, 1.54) is 11.3 Å². The second-order valence-electron chi connectivity index (χ2n) is 2.71. The molecule has 0 saturated carbocycles. The van der Waals surface area contributed by atoms with Crippen molar-refractivity contribution in [2.75, 3.05) is 5.73 Å². The number of rotatable bonds is 1. The van der Waals surface area contributed by atoms with Crippen LogP contribution in [0.2, 0.25) is 4.34 Å². The molecule has 1 heterocycles. The van der Waals surface area contributed by atoms with E-state index in [1.54, 1.807) is 0 Å². The van der Waals surface area contributed by atoms with Crippen molar-refractivity contribution in [3.05, 3.63) is 28.1 Å². The molecule has 13 heavy (non-hydrogen) atoms. The van der Waals surface area contributed by atoms with Crippen molar-refractivity contribution in [3.8, 4) is 0 Å². The summed E-state index contributed by atoms with van der Waals surface area (Å²) in [6.07, 6.45) is 0. The monoisotopic (exact) mass is 231 g/mol. The summed E-state index contributed by atoms with van der Waals surface area (Å²) in [5.41, 5.74) is 7.55. The molecule has 2 N–H and O–H groups in total. The van der Waals surface area contributed by atoms with Crippen molar-refractivity contribution in [2.45, 2.75) is 5.88 Å². The summed E-state index contributed by atoms with van der Waals surface area (Å²) < 4.78 is 1.77. The first-order chi connectivity index (χ1) is 6.24. The molecule has 0 aliphatic carbocycles. The molecular formula is C9H7Cl2NS. The standard InChI is InChI=1S/C9H7Cl2NS/c10-4-6-5-2-1-3-7(12)8(5)13-9(6)11/h1-3H,4,12H2. The molecule has 1 aromatic carbocycles. The van der Waals surface area contributed by atoms with Crippen molar-refractivity contribution < 1.29 is 0 Å². The first-order valence-electron chi connectivity index (χ1n) is 3.75. The van der Waals surface area contributed by atoms with E-state index in [4.69, 9.17) is 28.9 Å². The number of thiophene rings is 1. The van der Waals surface area contributed by atoms with Gasteiger partial charge in [-0.25, -0.2) is 0 Å². The minimum Gasteiger partial charge on any atom is -0.398 e. The van der Waals surface area contributed by atoms with E-state index in [9.17, 15) is 0 Å². The molecule has 0 bridgehead atoms. The van der Waals surface area contributed by atoms with Crippen LogP contribution in [0.15, 0.2) is 18.2 Å². The van der Waals surface area contributed by atoms with Crippen molar-refractivity contribution in [1.29, 1.82) is 0 Å². The summed E-state index contributed by atoms with van der Waals surface area (Å²) >= 11 is 13.3. The van der Waals surface area contributed by atoms with E-state index in [1.807, 2.05) is 18.2 Å². The molecule has 0 unspecified atom stereocenters. The maximum absolute atomic E-state index is 6.02. The van der Waals surface area contributed by atoms with Crippen molar-refractivity contribution in [3.63, 3.8) is 0 Å². The highest BCUT2D eigenvalue weighted by Gasteiger charge is 2.10. The van der Waals surface area contributed by atoms with Crippen LogP contribution < -0.4 is 5.73 Å². The van der Waals surface area contributed by atoms with E-state index in [-0.39, 0.29) is 0 Å². The van der Waals surface area contributed by atoms with Gasteiger partial charge in [-0.3, -0.25) is 0 Å². The Hall–Kier alpha value is -0.440. The number of anilines is 1. The van der Waals surface area contributed by atoms with E-state index >= 15 is 0 Å². The van der Waals surface area contributed by atoms with Gasteiger partial charge < -0.3 is 5.73 Å². The highest BCUT2D eigenvalue weighted by atomic mass is 35.5. The Kier molecular flexibility index (Phi) is 2.37. The Morgan fingerprint density at radius 3 is 2.85 bits per heavy atom. The molecule has 0 atom stereocenters. The summed E-state index contributed by atoms with van der Waals surface area (Å²) in [7, 11) is 0. The molecule has 2 rings (SSSR count). The lowest BCUT2D eigenvalue weighted by molar-refractivity contribution is 1.50. The van der Waals surface area contributed by atoms with Gasteiger partial charge in [0.15, 0.2) is 0 Å². The second kappa shape index (κ2) is 3.37. The van der Waals surface area contributed by atoms with Crippen LogP contribution in [0.4, 0.5) is 5.69 Å². The Morgan fingerprint density at radius 2 is 2.15 bits per heavy atom. The summed E-state index contributed by atoms with van der Waals surface area (Å²) in [4.78, 5) is 0. The van der Waals surface area contributed by atoms with Gasteiger partial charge in [0.25, 0.3) is 0 Å². The Morgan fingerprint density at radius 1 is 1.38 bits per heavy atom. The van der Waals surface area contributed by atoms with Crippen LogP contribution in [-0.2, 0) is 5.88 Å². The molecule has 4 heteroatoms. The molecular weight excluding hydrogens is 225 g/mol. The fourth-order valence-corrected chi connectivity index (χ4v) is 3.08. The molecule has 0 fully saturated rings. The zero-order valence-electron chi connectivity index (χ0n) is 6.68. The summed E-state index contributed by atoms with van der Waals surface area (Å²) in [5, 5.41) is 1.07. The Bertz CT molecular complexity index is 450. The zero-order valence-corrected chi connectivity index (χ0v) is 9.01. The molecule has 0 saturated heterocycles. The van der Waals surface area contributed by atoms with E-state index < -0.39 is 0 Å². The summed E-state index contributed by atoms with van der Waals surface area (Å²) in [6.45, 7) is 0. The van der Waals surface area contributed by atoms with Crippen molar-refractivity contribution >= 4 is 50.3 Å². The maximum Gasteiger partial charge on any atom is 0.0985 e. The SMILES string of the molecule is Nc1cccc2c(CCl)c(Cl)sc12. The van der Waals surface area contributed by atoms with Gasteiger partial charge in [0.05, 0.1) is 14.9 Å². The summed E-state index contributed by atoms with van der Waals surface area (Å²) in [5.74, 6) is 0.433. The quantitative estimate of drug-likeness (QED) is 0.586. The van der Waals surface area contributed by atoms with E-state index in [0.29, 0.717) is 5.88 Å². The van der Waals surface area contributed by atoms with E-state index in [0.717, 1.165) is 25.7 Å². The molecule has 2 aromatic rings. The molecule has 1 aromatic heterocycles. The van der Waals surface area contributed by atoms with Crippen LogP contribution in [0.25, 0.3) is 10.1 Å². The predicted molar refractivity (Wildman–Crippen MR) is 60.8 cm³/mol. The van der Waals surface area contributed by atoms with Gasteiger partial charge in [-0.1, -0.05) is 23.7 Å². The Balaban J connectivity index is 2.86. The molecule has 0 radical (unpaired) electrons. The minimum absolute atomic E-state index is 0.433. The highest BCUT2D eigenvalue weighted by molar-refractivity contribution is 7.23. The largest absolute Gasteiger partial charge is 0.398 e. The smallest absolute Gasteiger partial charge is 0.0985 e. The van der Waals surface area contributed by atoms with Gasteiger partial charge in [0, 0.05) is 16.6 Å². The lowest BCUT2D eigenvalue weighted by Crippen LogP contribution is -1.83. The average molecular weight is 232 g/mol. The fraction of sp³-hybridized carbons (Fsp3) is 0.111. The number of nitrogens with two attached hydrogens (primary N) is 1.